The third-order valence-corrected chi connectivity index (χ3v) is 5.32. The maximum Gasteiger partial charge on any atom is 0.294 e. The Morgan fingerprint density at radius 1 is 1.10 bits per heavy atom. The Morgan fingerprint density at radius 2 is 1.84 bits per heavy atom. The zero-order valence-corrected chi connectivity index (χ0v) is 17.9. The van der Waals surface area contributed by atoms with Crippen LogP contribution in [-0.4, -0.2) is 43.5 Å². The van der Waals surface area contributed by atoms with E-state index in [0.29, 0.717) is 18.7 Å². The van der Waals surface area contributed by atoms with Gasteiger partial charge in [0.15, 0.2) is 0 Å². The summed E-state index contributed by atoms with van der Waals surface area (Å²) in [5.41, 5.74) is 2.96. The molecule has 158 valence electrons. The average Bonchev–Trinajstić information content (AvgIpc) is 3.24. The lowest BCUT2D eigenvalue weighted by Gasteiger charge is -2.29. The number of aryl methyl sites for hydroxylation is 1. The Hall–Kier alpha value is -3.74. The molecule has 0 N–H and O–H groups in total. The van der Waals surface area contributed by atoms with Crippen molar-refractivity contribution >= 4 is 11.7 Å². The van der Waals surface area contributed by atoms with E-state index < -0.39 is 0 Å². The third-order valence-electron chi connectivity index (χ3n) is 5.32. The number of nitrogens with zero attached hydrogens (tertiary/aromatic N) is 5. The van der Waals surface area contributed by atoms with Crippen molar-refractivity contribution in [2.45, 2.75) is 32.9 Å². The van der Waals surface area contributed by atoms with Crippen molar-refractivity contribution < 1.29 is 9.53 Å². The molecule has 1 unspecified atom stereocenters. The summed E-state index contributed by atoms with van der Waals surface area (Å²) in [5, 5.41) is 4.43. The highest BCUT2D eigenvalue weighted by Crippen LogP contribution is 2.22. The first-order valence-electron chi connectivity index (χ1n) is 10.2. The lowest BCUT2D eigenvalue weighted by atomic mass is 10.0. The Balaban J connectivity index is 1.67. The van der Waals surface area contributed by atoms with Crippen LogP contribution in [0.1, 0.15) is 34.4 Å². The molecule has 7 heteroatoms. The molecule has 4 rings (SSSR count). The Labute approximate surface area is 181 Å². The fourth-order valence-corrected chi connectivity index (χ4v) is 3.63. The molecule has 0 saturated carbocycles. The van der Waals surface area contributed by atoms with E-state index in [1.807, 2.05) is 79.4 Å². The molecule has 0 spiro atoms. The molecule has 0 aliphatic rings. The number of carbonyl (C=O) groups excluding carboxylic acids is 1. The summed E-state index contributed by atoms with van der Waals surface area (Å²) in [6, 6.07) is 19.5. The molecule has 31 heavy (non-hydrogen) atoms. The monoisotopic (exact) mass is 415 g/mol. The molecule has 7 nitrogen and oxygen atoms in total. The molecule has 1 amide bonds. The molecule has 2 aromatic heterocycles. The van der Waals surface area contributed by atoms with Gasteiger partial charge in [0.1, 0.15) is 5.75 Å². The number of ether oxygens (including phenoxy) is 1. The molecule has 0 radical (unpaired) electrons. The van der Waals surface area contributed by atoms with E-state index in [9.17, 15) is 4.79 Å². The van der Waals surface area contributed by atoms with Crippen LogP contribution < -0.4 is 4.74 Å². The van der Waals surface area contributed by atoms with E-state index in [1.165, 1.54) is 0 Å². The van der Waals surface area contributed by atoms with Gasteiger partial charge in [-0.3, -0.25) is 4.79 Å². The van der Waals surface area contributed by atoms with Crippen LogP contribution >= 0.6 is 0 Å². The Morgan fingerprint density at radius 3 is 2.58 bits per heavy atom. The van der Waals surface area contributed by atoms with Gasteiger partial charge in [-0.1, -0.05) is 48.5 Å². The third kappa shape index (κ3) is 4.40. The molecular weight excluding hydrogens is 390 g/mol. The van der Waals surface area contributed by atoms with E-state index in [1.54, 1.807) is 17.8 Å². The number of rotatable bonds is 7. The minimum absolute atomic E-state index is 0.107. The Kier molecular flexibility index (Phi) is 5.93. The summed E-state index contributed by atoms with van der Waals surface area (Å²) in [5.74, 6) is 1.15. The van der Waals surface area contributed by atoms with Crippen LogP contribution in [0.2, 0.25) is 0 Å². The van der Waals surface area contributed by atoms with Crippen LogP contribution in [-0.2, 0) is 13.0 Å². The molecule has 2 aromatic carbocycles. The second-order valence-electron chi connectivity index (χ2n) is 7.52. The van der Waals surface area contributed by atoms with Crippen LogP contribution in [0.4, 0.5) is 0 Å². The van der Waals surface area contributed by atoms with Crippen LogP contribution in [0.25, 0.3) is 5.78 Å². The second-order valence-corrected chi connectivity index (χ2v) is 7.52. The first-order chi connectivity index (χ1) is 15.1. The SMILES string of the molecule is COc1ccccc1CC(C)N(Cc1ccccc1)C(=O)c1nc2nccc(C)n2n1. The van der Waals surface area contributed by atoms with Gasteiger partial charge in [0.05, 0.1) is 7.11 Å². The summed E-state index contributed by atoms with van der Waals surface area (Å²) < 4.78 is 7.10. The van der Waals surface area contributed by atoms with Gasteiger partial charge in [0.25, 0.3) is 11.7 Å². The maximum atomic E-state index is 13.5. The smallest absolute Gasteiger partial charge is 0.294 e. The molecule has 0 aliphatic heterocycles. The highest BCUT2D eigenvalue weighted by molar-refractivity contribution is 5.91. The number of carbonyl (C=O) groups is 1. The minimum Gasteiger partial charge on any atom is -0.496 e. The predicted molar refractivity (Wildman–Crippen MR) is 118 cm³/mol. The molecular formula is C24H25N5O2. The largest absolute Gasteiger partial charge is 0.496 e. The average molecular weight is 415 g/mol. The van der Waals surface area contributed by atoms with Crippen molar-refractivity contribution in [3.63, 3.8) is 0 Å². The maximum absolute atomic E-state index is 13.5. The summed E-state index contributed by atoms with van der Waals surface area (Å²) in [6.45, 7) is 4.40. The zero-order chi connectivity index (χ0) is 21.8. The zero-order valence-electron chi connectivity index (χ0n) is 17.9. The van der Waals surface area contributed by atoms with Gasteiger partial charge in [0.2, 0.25) is 5.82 Å². The van der Waals surface area contributed by atoms with E-state index in [4.69, 9.17) is 4.74 Å². The first-order valence-corrected chi connectivity index (χ1v) is 10.2. The molecule has 4 aromatic rings. The molecule has 0 bridgehead atoms. The van der Waals surface area contributed by atoms with Crippen LogP contribution in [0.3, 0.4) is 0 Å². The molecule has 0 aliphatic carbocycles. The van der Waals surface area contributed by atoms with Crippen LogP contribution in [0, 0.1) is 6.92 Å². The quantitative estimate of drug-likeness (QED) is 0.460. The minimum atomic E-state index is -0.226. The summed E-state index contributed by atoms with van der Waals surface area (Å²) in [6.07, 6.45) is 2.31. The van der Waals surface area contributed by atoms with Crippen molar-refractivity contribution in [2.75, 3.05) is 7.11 Å². The van der Waals surface area contributed by atoms with Gasteiger partial charge < -0.3 is 9.64 Å². The number of amides is 1. The van der Waals surface area contributed by atoms with Crippen molar-refractivity contribution in [3.05, 3.63) is 89.5 Å². The summed E-state index contributed by atoms with van der Waals surface area (Å²) in [7, 11) is 1.66. The predicted octanol–water partition coefficient (Wildman–Crippen LogP) is 3.71. The standard InChI is InChI=1S/C24H25N5O2/c1-17-13-14-25-24-26-22(27-29(17)24)23(30)28(16-19-9-5-4-6-10-19)18(2)15-20-11-7-8-12-21(20)31-3/h4-14,18H,15-16H2,1-3H3. The van der Waals surface area contributed by atoms with Gasteiger partial charge in [0, 0.05) is 24.5 Å². The fraction of sp³-hybridized carbons (Fsp3) is 0.250. The lowest BCUT2D eigenvalue weighted by molar-refractivity contribution is 0.0662. The molecule has 0 fully saturated rings. The van der Waals surface area contributed by atoms with Gasteiger partial charge in [-0.25, -0.2) is 9.50 Å². The van der Waals surface area contributed by atoms with Gasteiger partial charge in [-0.2, -0.15) is 4.98 Å². The van der Waals surface area contributed by atoms with E-state index >= 15 is 0 Å². The molecule has 1 atom stereocenters. The first kappa shape index (κ1) is 20.5. The number of benzene rings is 2. The normalized spacial score (nSPS) is 12.0. The number of hydrogen-bond donors (Lipinski definition) is 0. The molecule has 0 saturated heterocycles. The number of para-hydroxylation sites is 1. The highest BCUT2D eigenvalue weighted by Gasteiger charge is 2.26. The van der Waals surface area contributed by atoms with Crippen LogP contribution in [0.15, 0.2) is 66.9 Å². The number of methoxy groups -OCH3 is 1. The summed E-state index contributed by atoms with van der Waals surface area (Å²) >= 11 is 0. The highest BCUT2D eigenvalue weighted by atomic mass is 16.5. The van der Waals surface area contributed by atoms with E-state index in [2.05, 4.69) is 15.1 Å². The van der Waals surface area contributed by atoms with E-state index in [-0.39, 0.29) is 17.8 Å². The van der Waals surface area contributed by atoms with Crippen LogP contribution in [0.5, 0.6) is 5.75 Å². The number of hydrogen-bond acceptors (Lipinski definition) is 5. The van der Waals surface area contributed by atoms with Gasteiger partial charge >= 0.3 is 0 Å². The number of aromatic nitrogens is 4. The van der Waals surface area contributed by atoms with Crippen molar-refractivity contribution in [1.29, 1.82) is 0 Å². The van der Waals surface area contributed by atoms with E-state index in [0.717, 1.165) is 22.6 Å². The summed E-state index contributed by atoms with van der Waals surface area (Å²) in [4.78, 5) is 24.0. The van der Waals surface area contributed by atoms with Gasteiger partial charge in [-0.05, 0) is 43.5 Å². The molecule has 2 heterocycles. The second kappa shape index (κ2) is 8.95. The number of fused-ring (bicyclic) bond motifs is 1. The lowest BCUT2D eigenvalue weighted by Crippen LogP contribution is -2.40. The van der Waals surface area contributed by atoms with Gasteiger partial charge in [-0.15, -0.1) is 5.10 Å². The Bertz CT molecular complexity index is 1190. The van der Waals surface area contributed by atoms with Crippen molar-refractivity contribution in [3.8, 4) is 5.75 Å². The van der Waals surface area contributed by atoms with Crippen molar-refractivity contribution in [1.82, 2.24) is 24.5 Å². The van der Waals surface area contributed by atoms with Crippen molar-refractivity contribution in [2.24, 2.45) is 0 Å². The topological polar surface area (TPSA) is 72.6 Å². The fourth-order valence-electron chi connectivity index (χ4n) is 3.63.